The molecular formula is C12H8FIN4O. The van der Waals surface area contributed by atoms with Crippen molar-refractivity contribution in [1.82, 2.24) is 19.9 Å². The van der Waals surface area contributed by atoms with Gasteiger partial charge in [0.05, 0.1) is 3.57 Å². The van der Waals surface area contributed by atoms with Gasteiger partial charge < -0.3 is 4.52 Å². The molecular weight excluding hydrogens is 362 g/mol. The first-order valence-corrected chi connectivity index (χ1v) is 6.50. The van der Waals surface area contributed by atoms with E-state index in [1.807, 2.05) is 13.2 Å². The lowest BCUT2D eigenvalue weighted by atomic mass is 10.2. The molecule has 5 nitrogen and oxygen atoms in total. The third-order valence-corrected chi connectivity index (χ3v) is 3.30. The smallest absolute Gasteiger partial charge is 0.279 e. The summed E-state index contributed by atoms with van der Waals surface area (Å²) in [6, 6.07) is 5.92. The summed E-state index contributed by atoms with van der Waals surface area (Å²) in [5.74, 6) is 0.465. The van der Waals surface area contributed by atoms with Crippen molar-refractivity contribution in [3.8, 4) is 23.0 Å². The van der Waals surface area contributed by atoms with Gasteiger partial charge in [-0.15, -0.1) is 0 Å². The molecule has 3 aromatic rings. The van der Waals surface area contributed by atoms with Crippen LogP contribution in [-0.2, 0) is 7.05 Å². The molecule has 0 spiro atoms. The van der Waals surface area contributed by atoms with Crippen molar-refractivity contribution in [2.75, 3.05) is 0 Å². The summed E-state index contributed by atoms with van der Waals surface area (Å²) >= 11 is 2.15. The molecule has 0 aliphatic carbocycles. The average molecular weight is 370 g/mol. The highest BCUT2D eigenvalue weighted by Gasteiger charge is 2.16. The first-order chi connectivity index (χ1) is 9.13. The number of aryl methyl sites for hydroxylation is 1. The maximum Gasteiger partial charge on any atom is 0.279 e. The number of rotatable bonds is 2. The second-order valence-corrected chi connectivity index (χ2v) is 5.09. The average Bonchev–Trinajstić information content (AvgIpc) is 2.97. The second kappa shape index (κ2) is 4.72. The van der Waals surface area contributed by atoms with Gasteiger partial charge in [0.25, 0.3) is 5.89 Å². The fraction of sp³-hybridized carbons (Fsp3) is 0.0833. The Kier molecular flexibility index (Phi) is 3.05. The van der Waals surface area contributed by atoms with E-state index in [0.717, 1.165) is 3.57 Å². The number of hydrogen-bond donors (Lipinski definition) is 0. The minimum atomic E-state index is -0.299. The van der Waals surface area contributed by atoms with Crippen LogP contribution in [0.1, 0.15) is 0 Å². The Balaban J connectivity index is 1.99. The van der Waals surface area contributed by atoms with E-state index in [2.05, 4.69) is 37.8 Å². The Labute approximate surface area is 121 Å². The van der Waals surface area contributed by atoms with E-state index >= 15 is 0 Å². The molecule has 0 N–H and O–H groups in total. The number of benzene rings is 1. The highest BCUT2D eigenvalue weighted by Crippen LogP contribution is 2.24. The minimum absolute atomic E-state index is 0.299. The Morgan fingerprint density at radius 2 is 2.00 bits per heavy atom. The number of halogens is 2. The molecule has 1 aromatic carbocycles. The molecule has 0 saturated heterocycles. The monoisotopic (exact) mass is 370 g/mol. The van der Waals surface area contributed by atoms with Crippen LogP contribution in [0.5, 0.6) is 0 Å². The fourth-order valence-electron chi connectivity index (χ4n) is 1.64. The van der Waals surface area contributed by atoms with Crippen LogP contribution in [0.3, 0.4) is 0 Å². The molecule has 0 bridgehead atoms. The van der Waals surface area contributed by atoms with Crippen molar-refractivity contribution in [2.24, 2.45) is 7.05 Å². The second-order valence-electron chi connectivity index (χ2n) is 3.93. The largest absolute Gasteiger partial charge is 0.332 e. The summed E-state index contributed by atoms with van der Waals surface area (Å²) in [6.45, 7) is 0. The lowest BCUT2D eigenvalue weighted by molar-refractivity contribution is 0.430. The summed E-state index contributed by atoms with van der Waals surface area (Å²) < 4.78 is 20.6. The third-order valence-electron chi connectivity index (χ3n) is 2.52. The van der Waals surface area contributed by atoms with Crippen molar-refractivity contribution in [1.29, 1.82) is 0 Å². The first-order valence-electron chi connectivity index (χ1n) is 5.42. The van der Waals surface area contributed by atoms with Gasteiger partial charge in [-0.1, -0.05) is 5.16 Å². The molecule has 7 heteroatoms. The van der Waals surface area contributed by atoms with Gasteiger partial charge in [-0.05, 0) is 46.9 Å². The van der Waals surface area contributed by atoms with Crippen molar-refractivity contribution < 1.29 is 8.91 Å². The molecule has 0 aliphatic rings. The lowest BCUT2D eigenvalue weighted by Gasteiger charge is -1.92. The summed E-state index contributed by atoms with van der Waals surface area (Å²) in [7, 11) is 1.82. The van der Waals surface area contributed by atoms with Crippen LogP contribution in [0.4, 0.5) is 4.39 Å². The Hall–Kier alpha value is -1.77. The van der Waals surface area contributed by atoms with Gasteiger partial charge >= 0.3 is 0 Å². The predicted molar refractivity (Wildman–Crippen MR) is 74.6 cm³/mol. The minimum Gasteiger partial charge on any atom is -0.332 e. The van der Waals surface area contributed by atoms with Gasteiger partial charge in [0, 0.05) is 18.8 Å². The van der Waals surface area contributed by atoms with Crippen molar-refractivity contribution in [3.63, 3.8) is 0 Å². The Morgan fingerprint density at radius 3 is 2.63 bits per heavy atom. The van der Waals surface area contributed by atoms with Gasteiger partial charge in [-0.3, -0.25) is 4.68 Å². The van der Waals surface area contributed by atoms with Crippen molar-refractivity contribution in [2.45, 2.75) is 0 Å². The SMILES string of the molecule is Cn1cc(I)c(-c2nc(-c3ccc(F)cc3)no2)n1. The van der Waals surface area contributed by atoms with Gasteiger partial charge in [0.1, 0.15) is 5.82 Å². The fourth-order valence-corrected chi connectivity index (χ4v) is 2.38. The summed E-state index contributed by atoms with van der Waals surface area (Å²) in [6.07, 6.45) is 1.86. The molecule has 3 rings (SSSR count). The topological polar surface area (TPSA) is 56.7 Å². The van der Waals surface area contributed by atoms with Crippen LogP contribution in [0, 0.1) is 9.39 Å². The first kappa shape index (κ1) is 12.3. The molecule has 2 heterocycles. The standard InChI is InChI=1S/C12H8FIN4O/c1-18-6-9(14)10(16-18)12-15-11(17-19-12)7-2-4-8(13)5-3-7/h2-6H,1H3. The maximum absolute atomic E-state index is 12.9. The van der Waals surface area contributed by atoms with Gasteiger partial charge in [-0.25, -0.2) is 4.39 Å². The van der Waals surface area contributed by atoms with Crippen LogP contribution >= 0.6 is 22.6 Å². The number of hydrogen-bond acceptors (Lipinski definition) is 4. The van der Waals surface area contributed by atoms with Crippen molar-refractivity contribution >= 4 is 22.6 Å². The van der Waals surface area contributed by atoms with Crippen LogP contribution < -0.4 is 0 Å². The van der Waals surface area contributed by atoms with E-state index in [4.69, 9.17) is 4.52 Å². The highest BCUT2D eigenvalue weighted by atomic mass is 127. The molecule has 96 valence electrons. The molecule has 0 radical (unpaired) electrons. The van der Waals surface area contributed by atoms with Gasteiger partial charge in [0.2, 0.25) is 5.82 Å². The molecule has 19 heavy (non-hydrogen) atoms. The Morgan fingerprint density at radius 1 is 1.26 bits per heavy atom. The quantitative estimate of drug-likeness (QED) is 0.651. The number of aromatic nitrogens is 4. The van der Waals surface area contributed by atoms with E-state index in [1.165, 1.54) is 12.1 Å². The van der Waals surface area contributed by atoms with E-state index in [0.29, 0.717) is 23.0 Å². The molecule has 0 saturated carbocycles. The molecule has 0 amide bonds. The lowest BCUT2D eigenvalue weighted by Crippen LogP contribution is -1.88. The van der Waals surface area contributed by atoms with E-state index in [9.17, 15) is 4.39 Å². The van der Waals surface area contributed by atoms with Gasteiger partial charge in [0.15, 0.2) is 5.69 Å². The summed E-state index contributed by atoms with van der Waals surface area (Å²) in [5.41, 5.74) is 1.34. The maximum atomic E-state index is 12.9. The van der Waals surface area contributed by atoms with E-state index < -0.39 is 0 Å². The molecule has 0 aliphatic heterocycles. The molecule has 0 fully saturated rings. The normalized spacial score (nSPS) is 10.9. The van der Waals surface area contributed by atoms with E-state index in [-0.39, 0.29) is 5.82 Å². The van der Waals surface area contributed by atoms with Crippen LogP contribution in [0.2, 0.25) is 0 Å². The summed E-state index contributed by atoms with van der Waals surface area (Å²) in [4.78, 5) is 4.27. The Bertz CT molecular complexity index is 720. The van der Waals surface area contributed by atoms with Gasteiger partial charge in [-0.2, -0.15) is 10.1 Å². The summed E-state index contributed by atoms with van der Waals surface area (Å²) in [5, 5.41) is 8.14. The zero-order valence-electron chi connectivity index (χ0n) is 9.84. The molecule has 0 atom stereocenters. The van der Waals surface area contributed by atoms with Crippen LogP contribution in [0.25, 0.3) is 23.0 Å². The third kappa shape index (κ3) is 2.37. The number of nitrogens with zero attached hydrogens (tertiary/aromatic N) is 4. The zero-order chi connectivity index (χ0) is 13.4. The van der Waals surface area contributed by atoms with Crippen LogP contribution in [-0.4, -0.2) is 19.9 Å². The predicted octanol–water partition coefficient (Wildman–Crippen LogP) is 2.88. The molecule has 0 unspecified atom stereocenters. The zero-order valence-corrected chi connectivity index (χ0v) is 12.0. The van der Waals surface area contributed by atoms with Crippen LogP contribution in [0.15, 0.2) is 35.0 Å². The van der Waals surface area contributed by atoms with Crippen molar-refractivity contribution in [3.05, 3.63) is 39.8 Å². The molecule has 2 aromatic heterocycles. The van der Waals surface area contributed by atoms with E-state index in [1.54, 1.807) is 16.8 Å². The highest BCUT2D eigenvalue weighted by molar-refractivity contribution is 14.1.